The summed E-state index contributed by atoms with van der Waals surface area (Å²) in [6, 6.07) is 9.20. The van der Waals surface area contributed by atoms with E-state index in [9.17, 15) is 0 Å². The molecular weight excluding hydrogens is 259 g/mol. The highest BCUT2D eigenvalue weighted by Gasteiger charge is 2.02. The van der Waals surface area contributed by atoms with Crippen LogP contribution in [0.2, 0.25) is 10.3 Å². The van der Waals surface area contributed by atoms with Crippen molar-refractivity contribution in [2.24, 2.45) is 0 Å². The highest BCUT2D eigenvalue weighted by molar-refractivity contribution is 6.30. The van der Waals surface area contributed by atoms with Crippen LogP contribution in [0.1, 0.15) is 11.3 Å². The van der Waals surface area contributed by atoms with E-state index in [0.717, 1.165) is 11.3 Å². The number of nitrogens with zero attached hydrogens (tertiary/aromatic N) is 2. The molecule has 0 aliphatic rings. The maximum absolute atomic E-state index is 5.87. The van der Waals surface area contributed by atoms with E-state index in [0.29, 0.717) is 17.5 Å². The van der Waals surface area contributed by atoms with Crippen LogP contribution < -0.4 is 4.74 Å². The summed E-state index contributed by atoms with van der Waals surface area (Å²) in [4.78, 5) is 7.93. The van der Waals surface area contributed by atoms with Crippen molar-refractivity contribution >= 4 is 23.2 Å². The van der Waals surface area contributed by atoms with Gasteiger partial charge in [0.15, 0.2) is 0 Å². The van der Waals surface area contributed by atoms with Gasteiger partial charge in [0.2, 0.25) is 11.2 Å². The largest absolute Gasteiger partial charge is 0.473 e. The zero-order chi connectivity index (χ0) is 12.3. The van der Waals surface area contributed by atoms with Crippen molar-refractivity contribution in [1.29, 1.82) is 0 Å². The van der Waals surface area contributed by atoms with Gasteiger partial charge in [0.05, 0.1) is 0 Å². The molecule has 0 N–H and O–H groups in total. The number of aromatic nitrogens is 2. The average Bonchev–Trinajstić information content (AvgIpc) is 2.25. The minimum atomic E-state index is 0.186. The van der Waals surface area contributed by atoms with E-state index < -0.39 is 0 Å². The van der Waals surface area contributed by atoms with Crippen molar-refractivity contribution < 1.29 is 4.74 Å². The van der Waals surface area contributed by atoms with Crippen molar-refractivity contribution in [3.8, 4) is 5.88 Å². The molecule has 0 aliphatic carbocycles. The van der Waals surface area contributed by atoms with E-state index in [1.165, 1.54) is 0 Å². The fourth-order valence-corrected chi connectivity index (χ4v) is 1.79. The summed E-state index contributed by atoms with van der Waals surface area (Å²) in [5, 5.41) is 0.870. The summed E-state index contributed by atoms with van der Waals surface area (Å²) in [7, 11) is 0. The normalized spacial score (nSPS) is 10.3. The molecule has 2 aromatic rings. The second-order valence-electron chi connectivity index (χ2n) is 3.54. The van der Waals surface area contributed by atoms with E-state index in [1.54, 1.807) is 6.07 Å². The van der Waals surface area contributed by atoms with Crippen LogP contribution in [0.3, 0.4) is 0 Å². The van der Waals surface area contributed by atoms with Crippen LogP contribution in [0, 0.1) is 6.92 Å². The Kier molecular flexibility index (Phi) is 3.82. The number of benzene rings is 1. The van der Waals surface area contributed by atoms with Crippen molar-refractivity contribution in [2.45, 2.75) is 13.5 Å². The van der Waals surface area contributed by atoms with Crippen molar-refractivity contribution in [1.82, 2.24) is 9.97 Å². The van der Waals surface area contributed by atoms with Crippen LogP contribution in [-0.2, 0) is 6.61 Å². The summed E-state index contributed by atoms with van der Waals surface area (Å²) >= 11 is 11.6. The first kappa shape index (κ1) is 12.1. The zero-order valence-electron chi connectivity index (χ0n) is 9.15. The number of rotatable bonds is 3. The molecule has 0 saturated heterocycles. The van der Waals surface area contributed by atoms with E-state index in [2.05, 4.69) is 9.97 Å². The first-order valence-electron chi connectivity index (χ1n) is 5.02. The highest BCUT2D eigenvalue weighted by Crippen LogP contribution is 2.15. The van der Waals surface area contributed by atoms with E-state index >= 15 is 0 Å². The molecule has 0 spiro atoms. The molecule has 0 bridgehead atoms. The van der Waals surface area contributed by atoms with Crippen LogP contribution >= 0.6 is 23.2 Å². The molecule has 88 valence electrons. The molecule has 1 aromatic heterocycles. The molecule has 0 fully saturated rings. The van der Waals surface area contributed by atoms with Gasteiger partial charge in [0.1, 0.15) is 6.61 Å². The summed E-state index contributed by atoms with van der Waals surface area (Å²) in [5.41, 5.74) is 1.75. The third-order valence-corrected chi connectivity index (χ3v) is 2.48. The van der Waals surface area contributed by atoms with E-state index in [4.69, 9.17) is 27.9 Å². The van der Waals surface area contributed by atoms with Gasteiger partial charge < -0.3 is 4.74 Å². The van der Waals surface area contributed by atoms with Crippen LogP contribution in [-0.4, -0.2) is 9.97 Å². The first-order chi connectivity index (χ1) is 8.13. The second kappa shape index (κ2) is 5.34. The number of aryl methyl sites for hydroxylation is 1. The number of hydrogen-bond acceptors (Lipinski definition) is 3. The quantitative estimate of drug-likeness (QED) is 0.797. The van der Waals surface area contributed by atoms with Crippen molar-refractivity contribution in [3.63, 3.8) is 0 Å². The van der Waals surface area contributed by atoms with E-state index in [1.807, 2.05) is 31.2 Å². The van der Waals surface area contributed by atoms with Gasteiger partial charge in [0.25, 0.3) is 0 Å². The van der Waals surface area contributed by atoms with Crippen molar-refractivity contribution in [3.05, 3.63) is 51.9 Å². The molecule has 1 heterocycles. The maximum atomic E-state index is 5.87. The molecule has 0 radical (unpaired) electrons. The lowest BCUT2D eigenvalue weighted by Gasteiger charge is -2.06. The summed E-state index contributed by atoms with van der Waals surface area (Å²) in [6.45, 7) is 2.23. The van der Waals surface area contributed by atoms with Gasteiger partial charge in [-0.25, -0.2) is 4.98 Å². The molecule has 0 aliphatic heterocycles. The predicted molar refractivity (Wildman–Crippen MR) is 67.6 cm³/mol. The molecule has 0 atom stereocenters. The van der Waals surface area contributed by atoms with Crippen LogP contribution in [0.5, 0.6) is 5.88 Å². The molecule has 1 aromatic carbocycles. The average molecular weight is 269 g/mol. The summed E-state index contributed by atoms with van der Waals surface area (Å²) < 4.78 is 5.51. The second-order valence-corrected chi connectivity index (χ2v) is 4.31. The lowest BCUT2D eigenvalue weighted by molar-refractivity contribution is 0.293. The van der Waals surface area contributed by atoms with Crippen LogP contribution in [0.25, 0.3) is 0 Å². The Bertz CT molecular complexity index is 511. The minimum Gasteiger partial charge on any atom is -0.473 e. The molecule has 0 saturated carbocycles. The van der Waals surface area contributed by atoms with Gasteiger partial charge in [-0.15, -0.1) is 0 Å². The monoisotopic (exact) mass is 268 g/mol. The van der Waals surface area contributed by atoms with Gasteiger partial charge in [-0.05, 0) is 36.2 Å². The Balaban J connectivity index is 2.07. The van der Waals surface area contributed by atoms with Crippen LogP contribution in [0.15, 0.2) is 30.3 Å². The Labute approximate surface area is 109 Å². The third kappa shape index (κ3) is 3.58. The maximum Gasteiger partial charge on any atom is 0.225 e. The van der Waals surface area contributed by atoms with E-state index in [-0.39, 0.29) is 5.28 Å². The van der Waals surface area contributed by atoms with Gasteiger partial charge in [-0.1, -0.05) is 23.7 Å². The molecule has 5 heteroatoms. The van der Waals surface area contributed by atoms with Crippen molar-refractivity contribution in [2.75, 3.05) is 0 Å². The fraction of sp³-hybridized carbons (Fsp3) is 0.167. The van der Waals surface area contributed by atoms with Gasteiger partial charge >= 0.3 is 0 Å². The first-order valence-corrected chi connectivity index (χ1v) is 5.77. The van der Waals surface area contributed by atoms with Gasteiger partial charge in [-0.2, -0.15) is 4.98 Å². The molecule has 0 unspecified atom stereocenters. The summed E-state index contributed by atoms with van der Waals surface area (Å²) in [6.07, 6.45) is 0. The number of halogens is 2. The lowest BCUT2D eigenvalue weighted by atomic mass is 10.2. The zero-order valence-corrected chi connectivity index (χ0v) is 10.7. The number of ether oxygens (including phenoxy) is 1. The highest BCUT2D eigenvalue weighted by atomic mass is 35.5. The Morgan fingerprint density at radius 2 is 2.00 bits per heavy atom. The fourth-order valence-electron chi connectivity index (χ4n) is 1.36. The predicted octanol–water partition coefficient (Wildman–Crippen LogP) is 3.67. The standard InChI is InChI=1S/C12H10Cl2N2O/c1-8-5-11(16-12(14)15-8)17-7-9-3-2-4-10(13)6-9/h2-6H,7H2,1H3. The molecule has 3 nitrogen and oxygen atoms in total. The smallest absolute Gasteiger partial charge is 0.225 e. The van der Waals surface area contributed by atoms with Gasteiger partial charge in [-0.3, -0.25) is 0 Å². The Morgan fingerprint density at radius 1 is 1.18 bits per heavy atom. The molecule has 2 rings (SSSR count). The molecular formula is C12H10Cl2N2O. The van der Waals surface area contributed by atoms with Crippen LogP contribution in [0.4, 0.5) is 0 Å². The number of hydrogen-bond donors (Lipinski definition) is 0. The minimum absolute atomic E-state index is 0.186. The lowest BCUT2D eigenvalue weighted by Crippen LogP contribution is -1.99. The Morgan fingerprint density at radius 3 is 2.71 bits per heavy atom. The molecule has 0 amide bonds. The third-order valence-electron chi connectivity index (χ3n) is 2.08. The topological polar surface area (TPSA) is 35.0 Å². The Hall–Kier alpha value is -1.32. The summed E-state index contributed by atoms with van der Waals surface area (Å²) in [5.74, 6) is 0.461. The van der Waals surface area contributed by atoms with Gasteiger partial charge in [0, 0.05) is 16.8 Å². The SMILES string of the molecule is Cc1cc(OCc2cccc(Cl)c2)nc(Cl)n1. The molecule has 17 heavy (non-hydrogen) atoms.